The lowest BCUT2D eigenvalue weighted by molar-refractivity contribution is 0.0599. The van der Waals surface area contributed by atoms with Crippen molar-refractivity contribution in [2.75, 3.05) is 26.2 Å². The van der Waals surface area contributed by atoms with Gasteiger partial charge in [0.15, 0.2) is 5.76 Å². The van der Waals surface area contributed by atoms with E-state index in [1.165, 1.54) is 5.56 Å². The van der Waals surface area contributed by atoms with E-state index in [4.69, 9.17) is 29.9 Å². The van der Waals surface area contributed by atoms with Crippen molar-refractivity contribution in [2.24, 2.45) is 0 Å². The van der Waals surface area contributed by atoms with E-state index in [0.717, 1.165) is 37.1 Å². The summed E-state index contributed by atoms with van der Waals surface area (Å²) < 4.78 is 23.1. The van der Waals surface area contributed by atoms with Gasteiger partial charge in [-0.05, 0) is 75.5 Å². The predicted molar refractivity (Wildman–Crippen MR) is 149 cm³/mol. The lowest BCUT2D eigenvalue weighted by Crippen LogP contribution is -2.40. The Morgan fingerprint density at radius 2 is 1.87 bits per heavy atom. The molecule has 4 aromatic rings. The molecule has 1 fully saturated rings. The molecule has 3 heterocycles. The fourth-order valence-electron chi connectivity index (χ4n) is 4.77. The van der Waals surface area contributed by atoms with Gasteiger partial charge >= 0.3 is 0 Å². The molecule has 1 aliphatic heterocycles. The van der Waals surface area contributed by atoms with Crippen LogP contribution in [0.15, 0.2) is 51.3 Å². The highest BCUT2D eigenvalue weighted by Crippen LogP contribution is 2.35. The largest absolute Gasteiger partial charge is 0.490 e. The molecule has 0 bridgehead atoms. The summed E-state index contributed by atoms with van der Waals surface area (Å²) in [6, 6.07) is 13.5. The van der Waals surface area contributed by atoms with Crippen LogP contribution in [0.5, 0.6) is 11.5 Å². The molecular formula is C28H33Cl2N3O5. The molecule has 5 rings (SSSR count). The van der Waals surface area contributed by atoms with Crippen LogP contribution >= 0.6 is 24.0 Å². The number of piperidine rings is 1. The molecule has 1 aliphatic rings. The van der Waals surface area contributed by atoms with E-state index >= 15 is 0 Å². The van der Waals surface area contributed by atoms with Crippen molar-refractivity contribution in [3.8, 4) is 23.1 Å². The van der Waals surface area contributed by atoms with Crippen molar-refractivity contribution in [2.45, 2.75) is 51.7 Å². The Balaban J connectivity index is 0.00000336. The fraction of sp³-hybridized carbons (Fsp3) is 0.429. The molecule has 0 unspecified atom stereocenters. The number of likely N-dealkylation sites (tertiary alicyclic amines) is 1. The third-order valence-electron chi connectivity index (χ3n) is 6.54. The molecule has 1 atom stereocenters. The summed E-state index contributed by atoms with van der Waals surface area (Å²) in [5.41, 5.74) is 1.90. The third-order valence-corrected chi connectivity index (χ3v) is 6.83. The van der Waals surface area contributed by atoms with E-state index in [0.29, 0.717) is 46.4 Å². The Labute approximate surface area is 233 Å². The minimum Gasteiger partial charge on any atom is -0.490 e. The third kappa shape index (κ3) is 6.61. The molecule has 0 saturated carbocycles. The molecule has 8 nitrogen and oxygen atoms in total. The normalized spacial score (nSPS) is 15.5. The van der Waals surface area contributed by atoms with Crippen LogP contribution in [0.4, 0.5) is 0 Å². The van der Waals surface area contributed by atoms with E-state index < -0.39 is 6.10 Å². The minimum absolute atomic E-state index is 0. The number of aromatic nitrogens is 2. The lowest BCUT2D eigenvalue weighted by Gasteiger charge is -2.33. The van der Waals surface area contributed by atoms with Crippen LogP contribution < -0.4 is 9.47 Å². The van der Waals surface area contributed by atoms with Gasteiger partial charge < -0.3 is 28.3 Å². The summed E-state index contributed by atoms with van der Waals surface area (Å²) in [4.78, 5) is 2.29. The molecule has 2 aromatic carbocycles. The molecule has 10 heteroatoms. The fourth-order valence-corrected chi connectivity index (χ4v) is 5.00. The van der Waals surface area contributed by atoms with E-state index in [1.807, 2.05) is 50.2 Å². The van der Waals surface area contributed by atoms with Crippen LogP contribution in [0.25, 0.3) is 22.6 Å². The molecule has 0 spiro atoms. The van der Waals surface area contributed by atoms with Crippen LogP contribution in [0.3, 0.4) is 0 Å². The van der Waals surface area contributed by atoms with Gasteiger partial charge in [-0.15, -0.1) is 22.6 Å². The Kier molecular flexibility index (Phi) is 9.20. The van der Waals surface area contributed by atoms with Crippen LogP contribution in [0.1, 0.15) is 44.1 Å². The Hall–Kier alpha value is -2.78. The summed E-state index contributed by atoms with van der Waals surface area (Å²) in [5, 5.41) is 20.0. The number of hydrogen-bond acceptors (Lipinski definition) is 8. The van der Waals surface area contributed by atoms with Crippen LogP contribution in [0.2, 0.25) is 5.02 Å². The second kappa shape index (κ2) is 12.4. The van der Waals surface area contributed by atoms with Crippen LogP contribution in [0, 0.1) is 6.92 Å². The summed E-state index contributed by atoms with van der Waals surface area (Å²) in [6.07, 6.45) is 1.51. The number of halogens is 2. The SMILES string of the molecule is Cc1nnc(-c2cc3c(OC[C@@H](O)CN4CCC(c5ccc(OC(C)C)c(Cl)c5)CC4)cccc3o2)o1.Cl. The average molecular weight is 562 g/mol. The number of hydrogen-bond donors (Lipinski definition) is 1. The second-order valence-electron chi connectivity index (χ2n) is 9.80. The first-order valence-electron chi connectivity index (χ1n) is 12.7. The number of aryl methyl sites for hydroxylation is 1. The number of aliphatic hydroxyl groups excluding tert-OH is 1. The first-order valence-corrected chi connectivity index (χ1v) is 13.1. The Morgan fingerprint density at radius 1 is 1.08 bits per heavy atom. The van der Waals surface area contributed by atoms with Crippen molar-refractivity contribution in [1.82, 2.24) is 15.1 Å². The number of fused-ring (bicyclic) bond motifs is 1. The number of ether oxygens (including phenoxy) is 2. The van der Waals surface area contributed by atoms with Crippen LogP contribution in [-0.4, -0.2) is 58.7 Å². The molecule has 0 amide bonds. The monoisotopic (exact) mass is 561 g/mol. The highest BCUT2D eigenvalue weighted by atomic mass is 35.5. The standard InChI is InChI=1S/C28H32ClN3O5.ClH/c1-17(2)35-26-8-7-20(13-23(26)29)19-9-11-32(12-10-19)15-21(33)16-34-24-5-4-6-25-22(24)14-27(37-25)28-31-30-18(3)36-28;/h4-8,13-14,17,19,21,33H,9-12,15-16H2,1-3H3;1H/t21-;/m0./s1. The summed E-state index contributed by atoms with van der Waals surface area (Å²) in [5.74, 6) is 3.10. The Morgan fingerprint density at radius 3 is 2.55 bits per heavy atom. The molecular weight excluding hydrogens is 529 g/mol. The van der Waals surface area contributed by atoms with E-state index in [-0.39, 0.29) is 25.1 Å². The smallest absolute Gasteiger partial charge is 0.283 e. The topological polar surface area (TPSA) is 94.0 Å². The van der Waals surface area contributed by atoms with Gasteiger partial charge in [0.1, 0.15) is 29.8 Å². The highest BCUT2D eigenvalue weighted by molar-refractivity contribution is 6.32. The van der Waals surface area contributed by atoms with Crippen molar-refractivity contribution in [1.29, 1.82) is 0 Å². The molecule has 1 saturated heterocycles. The van der Waals surface area contributed by atoms with Gasteiger partial charge in [-0.25, -0.2) is 0 Å². The summed E-state index contributed by atoms with van der Waals surface area (Å²) in [6.45, 7) is 8.28. The molecule has 1 N–H and O–H groups in total. The second-order valence-corrected chi connectivity index (χ2v) is 10.2. The van der Waals surface area contributed by atoms with Crippen LogP contribution in [-0.2, 0) is 0 Å². The molecule has 204 valence electrons. The van der Waals surface area contributed by atoms with Gasteiger partial charge in [-0.2, -0.15) is 0 Å². The molecule has 0 aliphatic carbocycles. The summed E-state index contributed by atoms with van der Waals surface area (Å²) in [7, 11) is 0. The molecule has 38 heavy (non-hydrogen) atoms. The minimum atomic E-state index is -0.612. The maximum Gasteiger partial charge on any atom is 0.283 e. The maximum atomic E-state index is 10.7. The lowest BCUT2D eigenvalue weighted by atomic mass is 9.89. The predicted octanol–water partition coefficient (Wildman–Crippen LogP) is 6.27. The van der Waals surface area contributed by atoms with Gasteiger partial charge in [-0.3, -0.25) is 0 Å². The number of benzene rings is 2. The number of aliphatic hydroxyl groups is 1. The van der Waals surface area contributed by atoms with Gasteiger partial charge in [-0.1, -0.05) is 23.7 Å². The van der Waals surface area contributed by atoms with E-state index in [1.54, 1.807) is 6.92 Å². The van der Waals surface area contributed by atoms with Gasteiger partial charge in [0.05, 0.1) is 16.5 Å². The van der Waals surface area contributed by atoms with Gasteiger partial charge in [0.25, 0.3) is 5.89 Å². The van der Waals surface area contributed by atoms with Crippen molar-refractivity contribution in [3.05, 3.63) is 58.9 Å². The quantitative estimate of drug-likeness (QED) is 0.255. The number of β-amino-alcohol motifs (C(OH)–C–C–N with tert-alkyl or cyclic N) is 1. The van der Waals surface area contributed by atoms with Crippen molar-refractivity contribution < 1.29 is 23.4 Å². The van der Waals surface area contributed by atoms with Crippen molar-refractivity contribution >= 4 is 35.0 Å². The molecule has 0 radical (unpaired) electrons. The maximum absolute atomic E-state index is 10.7. The number of furan rings is 1. The van der Waals surface area contributed by atoms with E-state index in [2.05, 4.69) is 21.2 Å². The molecule has 2 aromatic heterocycles. The number of nitrogens with zero attached hydrogens (tertiary/aromatic N) is 3. The first-order chi connectivity index (χ1) is 17.9. The van der Waals surface area contributed by atoms with Crippen molar-refractivity contribution in [3.63, 3.8) is 0 Å². The van der Waals surface area contributed by atoms with Gasteiger partial charge in [0.2, 0.25) is 5.89 Å². The zero-order chi connectivity index (χ0) is 25.9. The Bertz CT molecular complexity index is 1350. The number of rotatable bonds is 9. The van der Waals surface area contributed by atoms with E-state index in [9.17, 15) is 5.11 Å². The summed E-state index contributed by atoms with van der Waals surface area (Å²) >= 11 is 6.45. The van der Waals surface area contributed by atoms with Gasteiger partial charge in [0, 0.05) is 19.5 Å². The first kappa shape index (κ1) is 28.2. The zero-order valence-corrected chi connectivity index (χ0v) is 23.3. The highest BCUT2D eigenvalue weighted by Gasteiger charge is 2.23. The average Bonchev–Trinajstić information content (AvgIpc) is 3.51. The zero-order valence-electron chi connectivity index (χ0n) is 21.7.